The van der Waals surface area contributed by atoms with Crippen LogP contribution in [0.15, 0.2) is 18.2 Å². The van der Waals surface area contributed by atoms with Crippen LogP contribution in [0.5, 0.6) is 0 Å². The lowest BCUT2D eigenvalue weighted by Gasteiger charge is -2.48. The molecule has 3 aliphatic rings. The summed E-state index contributed by atoms with van der Waals surface area (Å²) in [5.74, 6) is 2.64. The lowest BCUT2D eigenvalue weighted by molar-refractivity contribution is -0.129. The second-order valence-electron chi connectivity index (χ2n) is 9.50. The maximum atomic E-state index is 12.4. The topological polar surface area (TPSA) is 17.1 Å². The number of fused-ring (bicyclic) bond motifs is 5. The first-order valence-corrected chi connectivity index (χ1v) is 9.47. The number of hydrogen-bond acceptors (Lipinski definition) is 1. The molecular weight excluding hydrogens is 280 g/mol. The molecule has 0 bridgehead atoms. The summed E-state index contributed by atoms with van der Waals surface area (Å²) in [4.78, 5) is 12.4. The highest BCUT2D eigenvalue weighted by Crippen LogP contribution is 2.59. The van der Waals surface area contributed by atoms with Gasteiger partial charge < -0.3 is 0 Å². The van der Waals surface area contributed by atoms with E-state index in [4.69, 9.17) is 0 Å². The van der Waals surface area contributed by atoms with Crippen molar-refractivity contribution in [3.8, 4) is 0 Å². The van der Waals surface area contributed by atoms with Crippen LogP contribution in [-0.4, -0.2) is 5.78 Å². The zero-order valence-electron chi connectivity index (χ0n) is 15.1. The molecule has 0 aromatic heterocycles. The average Bonchev–Trinajstić information content (AvgIpc) is 2.81. The van der Waals surface area contributed by atoms with Crippen LogP contribution < -0.4 is 0 Å². The molecule has 1 aromatic rings. The lowest BCUT2D eigenvalue weighted by atomic mass is 9.55. The van der Waals surface area contributed by atoms with Crippen LogP contribution in [-0.2, 0) is 16.6 Å². The predicted octanol–water partition coefficient (Wildman–Crippen LogP) is 5.41. The van der Waals surface area contributed by atoms with E-state index in [0.717, 1.165) is 25.2 Å². The van der Waals surface area contributed by atoms with E-state index >= 15 is 0 Å². The molecule has 2 fully saturated rings. The van der Waals surface area contributed by atoms with Crippen molar-refractivity contribution in [2.75, 3.05) is 0 Å². The summed E-state index contributed by atoms with van der Waals surface area (Å²) < 4.78 is 0. The summed E-state index contributed by atoms with van der Waals surface area (Å²) in [6.45, 7) is 9.17. The predicted molar refractivity (Wildman–Crippen MR) is 94.8 cm³/mol. The van der Waals surface area contributed by atoms with E-state index in [2.05, 4.69) is 45.9 Å². The first kappa shape index (κ1) is 15.4. The molecule has 0 amide bonds. The van der Waals surface area contributed by atoms with Gasteiger partial charge in [0.2, 0.25) is 0 Å². The van der Waals surface area contributed by atoms with Gasteiger partial charge in [-0.05, 0) is 72.0 Å². The Morgan fingerprint density at radius 1 is 1.09 bits per heavy atom. The molecule has 0 spiro atoms. The number of benzene rings is 1. The number of Topliss-reactive ketones (excluding diaryl/α,β-unsaturated/α-hetero) is 1. The van der Waals surface area contributed by atoms with Crippen LogP contribution in [0.4, 0.5) is 0 Å². The second-order valence-corrected chi connectivity index (χ2v) is 9.50. The van der Waals surface area contributed by atoms with Crippen molar-refractivity contribution in [2.45, 2.75) is 77.6 Å². The molecular formula is C22H30O. The number of hydrogen-bond donors (Lipinski definition) is 0. The zero-order valence-corrected chi connectivity index (χ0v) is 15.1. The Bertz CT molecular complexity index is 650. The molecule has 1 nitrogen and oxygen atoms in total. The minimum absolute atomic E-state index is 0.00399. The molecule has 0 heterocycles. The normalized spacial score (nSPS) is 36.3. The fourth-order valence-electron chi connectivity index (χ4n) is 5.82. The van der Waals surface area contributed by atoms with Gasteiger partial charge in [-0.1, -0.05) is 45.9 Å². The van der Waals surface area contributed by atoms with E-state index in [1.54, 1.807) is 11.1 Å². The maximum Gasteiger partial charge on any atom is 0.139 e. The van der Waals surface area contributed by atoms with Gasteiger partial charge in [-0.2, -0.15) is 0 Å². The van der Waals surface area contributed by atoms with Crippen LogP contribution in [0.1, 0.15) is 82.4 Å². The molecule has 23 heavy (non-hydrogen) atoms. The largest absolute Gasteiger partial charge is 0.299 e. The summed E-state index contributed by atoms with van der Waals surface area (Å²) >= 11 is 0. The number of rotatable bonds is 0. The second kappa shape index (κ2) is 4.94. The van der Waals surface area contributed by atoms with Crippen LogP contribution in [0.2, 0.25) is 0 Å². The van der Waals surface area contributed by atoms with Gasteiger partial charge in [0, 0.05) is 11.8 Å². The highest BCUT2D eigenvalue weighted by Gasteiger charge is 2.54. The van der Waals surface area contributed by atoms with Crippen LogP contribution in [0.25, 0.3) is 0 Å². The fraction of sp³-hybridized carbons (Fsp3) is 0.682. The van der Waals surface area contributed by atoms with E-state index < -0.39 is 0 Å². The SMILES string of the molecule is CC(C)(C)c1ccc2c(c1)CC[C@@H]1[C@@H]2CC[C@]2(C)C(=O)CC[C@@H]12. The summed E-state index contributed by atoms with van der Waals surface area (Å²) in [5.41, 5.74) is 4.90. The van der Waals surface area contributed by atoms with Crippen molar-refractivity contribution >= 4 is 5.78 Å². The Morgan fingerprint density at radius 2 is 1.87 bits per heavy atom. The maximum absolute atomic E-state index is 12.4. The minimum Gasteiger partial charge on any atom is -0.299 e. The summed E-state index contributed by atoms with van der Waals surface area (Å²) in [6, 6.07) is 7.25. The Hall–Kier alpha value is -1.11. The van der Waals surface area contributed by atoms with Gasteiger partial charge in [0.05, 0.1) is 0 Å². The zero-order chi connectivity index (χ0) is 16.4. The number of carbonyl (C=O) groups is 1. The third kappa shape index (κ3) is 2.22. The summed E-state index contributed by atoms with van der Waals surface area (Å²) in [6.07, 6.45) is 6.80. The molecule has 4 rings (SSSR count). The molecule has 0 saturated heterocycles. The Morgan fingerprint density at radius 3 is 2.61 bits per heavy atom. The average molecular weight is 310 g/mol. The van der Waals surface area contributed by atoms with E-state index in [0.29, 0.717) is 17.6 Å². The Balaban J connectivity index is 1.69. The van der Waals surface area contributed by atoms with Crippen molar-refractivity contribution in [2.24, 2.45) is 17.3 Å². The molecule has 0 unspecified atom stereocenters. The van der Waals surface area contributed by atoms with E-state index in [1.807, 2.05) is 0 Å². The Labute approximate surface area is 140 Å². The fourth-order valence-corrected chi connectivity index (χ4v) is 5.82. The van der Waals surface area contributed by atoms with Crippen LogP contribution in [0, 0.1) is 17.3 Å². The molecule has 1 heteroatoms. The summed E-state index contributed by atoms with van der Waals surface area (Å²) in [5, 5.41) is 0. The third-order valence-electron chi connectivity index (χ3n) is 7.30. The number of aryl methyl sites for hydroxylation is 1. The highest BCUT2D eigenvalue weighted by atomic mass is 16.1. The number of carbonyl (C=O) groups excluding carboxylic acids is 1. The Kier molecular flexibility index (Phi) is 3.31. The van der Waals surface area contributed by atoms with Gasteiger partial charge in [-0.25, -0.2) is 0 Å². The first-order valence-electron chi connectivity index (χ1n) is 9.47. The van der Waals surface area contributed by atoms with Gasteiger partial charge >= 0.3 is 0 Å². The molecule has 0 aliphatic heterocycles. The lowest BCUT2D eigenvalue weighted by Crippen LogP contribution is -2.42. The van der Waals surface area contributed by atoms with Gasteiger partial charge in [-0.15, -0.1) is 0 Å². The van der Waals surface area contributed by atoms with Gasteiger partial charge in [0.15, 0.2) is 0 Å². The van der Waals surface area contributed by atoms with Crippen molar-refractivity contribution in [3.63, 3.8) is 0 Å². The third-order valence-corrected chi connectivity index (χ3v) is 7.30. The van der Waals surface area contributed by atoms with Crippen molar-refractivity contribution in [1.29, 1.82) is 0 Å². The van der Waals surface area contributed by atoms with Gasteiger partial charge in [0.25, 0.3) is 0 Å². The molecule has 0 radical (unpaired) electrons. The monoisotopic (exact) mass is 310 g/mol. The minimum atomic E-state index is 0.00399. The molecule has 4 atom stereocenters. The summed E-state index contributed by atoms with van der Waals surface area (Å²) in [7, 11) is 0. The quantitative estimate of drug-likeness (QED) is 0.626. The molecule has 2 saturated carbocycles. The van der Waals surface area contributed by atoms with Gasteiger partial charge in [0.1, 0.15) is 5.78 Å². The van der Waals surface area contributed by atoms with E-state index in [1.165, 1.54) is 24.8 Å². The number of ketones is 1. The smallest absolute Gasteiger partial charge is 0.139 e. The molecule has 1 aromatic carbocycles. The van der Waals surface area contributed by atoms with Crippen molar-refractivity contribution in [1.82, 2.24) is 0 Å². The van der Waals surface area contributed by atoms with E-state index in [-0.39, 0.29) is 10.8 Å². The van der Waals surface area contributed by atoms with Crippen LogP contribution in [0.3, 0.4) is 0 Å². The van der Waals surface area contributed by atoms with Crippen LogP contribution >= 0.6 is 0 Å². The standard InChI is InChI=1S/C22H30O/c1-21(2,3)15-6-8-16-14(13-15)5-7-18-17(16)11-12-22(4)19(18)9-10-20(22)23/h6,8,13,17-19H,5,7,9-12H2,1-4H3/t17-,18-,19+,22+/m1/s1. The van der Waals surface area contributed by atoms with Crippen molar-refractivity contribution in [3.05, 3.63) is 34.9 Å². The highest BCUT2D eigenvalue weighted by molar-refractivity contribution is 5.87. The van der Waals surface area contributed by atoms with Gasteiger partial charge in [-0.3, -0.25) is 4.79 Å². The van der Waals surface area contributed by atoms with Crippen molar-refractivity contribution < 1.29 is 4.79 Å². The molecule has 0 N–H and O–H groups in total. The molecule has 124 valence electrons. The van der Waals surface area contributed by atoms with E-state index in [9.17, 15) is 4.79 Å². The first-order chi connectivity index (χ1) is 10.8. The molecule has 3 aliphatic carbocycles.